The van der Waals surface area contributed by atoms with Crippen LogP contribution in [0.15, 0.2) is 54.7 Å². The number of nitrogens with one attached hydrogen (secondary N) is 2. The molecule has 30 heavy (non-hydrogen) atoms. The van der Waals surface area contributed by atoms with Crippen molar-refractivity contribution in [3.8, 4) is 0 Å². The van der Waals surface area contributed by atoms with Crippen LogP contribution in [0.2, 0.25) is 0 Å². The van der Waals surface area contributed by atoms with E-state index in [9.17, 15) is 24.3 Å². The second kappa shape index (κ2) is 9.36. The number of hydrogen-bond donors (Lipinski definition) is 3. The van der Waals surface area contributed by atoms with Crippen LogP contribution in [0, 0.1) is 0 Å². The SMILES string of the molecule is CN1C=CC(=O)C(NC(=O)N[C@@H](CC(=O)O)c2ccc(Cc3ccccc3)s2)C1=O. The summed E-state index contributed by atoms with van der Waals surface area (Å²) in [7, 11) is 1.48. The minimum atomic E-state index is -1.33. The molecule has 1 aromatic carbocycles. The van der Waals surface area contributed by atoms with E-state index in [-0.39, 0.29) is 6.42 Å². The van der Waals surface area contributed by atoms with E-state index in [1.165, 1.54) is 35.6 Å². The number of hydrogen-bond acceptors (Lipinski definition) is 5. The summed E-state index contributed by atoms with van der Waals surface area (Å²) in [6.45, 7) is 0. The highest BCUT2D eigenvalue weighted by atomic mass is 32.1. The first-order valence-electron chi connectivity index (χ1n) is 9.23. The fourth-order valence-corrected chi connectivity index (χ4v) is 4.11. The van der Waals surface area contributed by atoms with Gasteiger partial charge >= 0.3 is 12.0 Å². The summed E-state index contributed by atoms with van der Waals surface area (Å²) >= 11 is 1.41. The predicted octanol–water partition coefficient (Wildman–Crippen LogP) is 2.08. The highest BCUT2D eigenvalue weighted by molar-refractivity contribution is 7.12. The Morgan fingerprint density at radius 3 is 2.60 bits per heavy atom. The first kappa shape index (κ1) is 21.3. The highest BCUT2D eigenvalue weighted by Gasteiger charge is 2.32. The van der Waals surface area contributed by atoms with Gasteiger partial charge in [0.05, 0.1) is 12.5 Å². The van der Waals surface area contributed by atoms with Gasteiger partial charge in [-0.2, -0.15) is 0 Å². The lowest BCUT2D eigenvalue weighted by Gasteiger charge is -2.25. The van der Waals surface area contributed by atoms with E-state index >= 15 is 0 Å². The Bertz CT molecular complexity index is 986. The van der Waals surface area contributed by atoms with Crippen LogP contribution in [0.4, 0.5) is 4.79 Å². The smallest absolute Gasteiger partial charge is 0.316 e. The van der Waals surface area contributed by atoms with Crippen molar-refractivity contribution in [3.63, 3.8) is 0 Å². The fraction of sp³-hybridized carbons (Fsp3) is 0.238. The van der Waals surface area contributed by atoms with Crippen LogP contribution in [-0.4, -0.2) is 46.8 Å². The van der Waals surface area contributed by atoms with Gasteiger partial charge in [-0.05, 0) is 17.7 Å². The van der Waals surface area contributed by atoms with Crippen LogP contribution < -0.4 is 10.6 Å². The zero-order valence-electron chi connectivity index (χ0n) is 16.2. The van der Waals surface area contributed by atoms with Crippen molar-refractivity contribution in [2.24, 2.45) is 0 Å². The van der Waals surface area contributed by atoms with E-state index in [1.807, 2.05) is 36.4 Å². The summed E-state index contributed by atoms with van der Waals surface area (Å²) in [5.41, 5.74) is 1.12. The minimum Gasteiger partial charge on any atom is -0.481 e. The zero-order chi connectivity index (χ0) is 21.7. The van der Waals surface area contributed by atoms with Gasteiger partial charge in [-0.3, -0.25) is 14.4 Å². The van der Waals surface area contributed by atoms with Crippen molar-refractivity contribution in [1.82, 2.24) is 15.5 Å². The maximum Gasteiger partial charge on any atom is 0.316 e. The summed E-state index contributed by atoms with van der Waals surface area (Å²) in [4.78, 5) is 50.7. The van der Waals surface area contributed by atoms with Crippen LogP contribution in [0.25, 0.3) is 0 Å². The Labute approximate surface area is 177 Å². The van der Waals surface area contributed by atoms with Gasteiger partial charge in [-0.25, -0.2) is 4.79 Å². The number of nitrogens with zero attached hydrogens (tertiary/aromatic N) is 1. The van der Waals surface area contributed by atoms with Crippen LogP contribution in [0.3, 0.4) is 0 Å². The van der Waals surface area contributed by atoms with Crippen LogP contribution in [-0.2, 0) is 20.8 Å². The lowest BCUT2D eigenvalue weighted by molar-refractivity contribution is -0.138. The maximum absolute atomic E-state index is 12.4. The van der Waals surface area contributed by atoms with Crippen molar-refractivity contribution >= 4 is 35.0 Å². The molecule has 0 saturated heterocycles. The summed E-state index contributed by atoms with van der Waals surface area (Å²) in [5.74, 6) is -2.18. The van der Waals surface area contributed by atoms with Crippen molar-refractivity contribution in [2.75, 3.05) is 7.05 Å². The third-order valence-electron chi connectivity index (χ3n) is 4.55. The van der Waals surface area contributed by atoms with Gasteiger partial charge in [0.2, 0.25) is 0 Å². The molecule has 8 nitrogen and oxygen atoms in total. The number of likely N-dealkylation sites (N-methyl/N-ethyl adjacent to an activating group) is 1. The molecule has 3 amide bonds. The number of benzene rings is 1. The molecule has 0 spiro atoms. The number of rotatable bonds is 7. The van der Waals surface area contributed by atoms with E-state index in [4.69, 9.17) is 0 Å². The number of carboxylic acid groups (broad SMARTS) is 1. The molecule has 1 aromatic heterocycles. The second-order valence-electron chi connectivity index (χ2n) is 6.83. The van der Waals surface area contributed by atoms with Gasteiger partial charge in [0.25, 0.3) is 5.91 Å². The van der Waals surface area contributed by atoms with E-state index in [1.54, 1.807) is 6.07 Å². The Balaban J connectivity index is 1.69. The van der Waals surface area contributed by atoms with E-state index in [0.29, 0.717) is 11.3 Å². The molecule has 1 aliphatic heterocycles. The predicted molar refractivity (Wildman–Crippen MR) is 111 cm³/mol. The third-order valence-corrected chi connectivity index (χ3v) is 5.75. The van der Waals surface area contributed by atoms with Gasteiger partial charge in [-0.1, -0.05) is 30.3 Å². The summed E-state index contributed by atoms with van der Waals surface area (Å²) in [6, 6.07) is 10.6. The molecule has 9 heteroatoms. The average molecular weight is 427 g/mol. The summed E-state index contributed by atoms with van der Waals surface area (Å²) in [6.07, 6.45) is 2.90. The molecule has 156 valence electrons. The number of carbonyl (C=O) groups is 4. The summed E-state index contributed by atoms with van der Waals surface area (Å²) < 4.78 is 0. The topological polar surface area (TPSA) is 116 Å². The van der Waals surface area contributed by atoms with Crippen molar-refractivity contribution in [1.29, 1.82) is 0 Å². The monoisotopic (exact) mass is 427 g/mol. The molecule has 0 saturated carbocycles. The molecule has 2 atom stereocenters. The maximum atomic E-state index is 12.4. The Morgan fingerprint density at radius 1 is 1.17 bits per heavy atom. The summed E-state index contributed by atoms with van der Waals surface area (Å²) in [5, 5.41) is 14.2. The number of thiophene rings is 1. The van der Waals surface area contributed by atoms with Crippen molar-refractivity contribution in [2.45, 2.75) is 24.9 Å². The number of carbonyl (C=O) groups excluding carboxylic acids is 3. The lowest BCUT2D eigenvalue weighted by Crippen LogP contribution is -2.55. The van der Waals surface area contributed by atoms with E-state index < -0.39 is 35.8 Å². The van der Waals surface area contributed by atoms with Gasteiger partial charge in [0.1, 0.15) is 0 Å². The largest absolute Gasteiger partial charge is 0.481 e. The van der Waals surface area contributed by atoms with Gasteiger partial charge in [0, 0.05) is 35.5 Å². The number of amides is 3. The normalized spacial score (nSPS) is 17.0. The van der Waals surface area contributed by atoms with Gasteiger partial charge < -0.3 is 20.6 Å². The lowest BCUT2D eigenvalue weighted by atomic mass is 10.1. The molecule has 3 N–H and O–H groups in total. The third kappa shape index (κ3) is 5.32. The Morgan fingerprint density at radius 2 is 1.90 bits per heavy atom. The standard InChI is InChI=1S/C21H21N3O5S/c1-24-10-9-16(25)19(20(24)28)23-21(29)22-15(12-18(26)27)17-8-7-14(30-17)11-13-5-3-2-4-6-13/h2-10,15,19H,11-12H2,1H3,(H,26,27)(H2,22,23,29)/t15-,19?/m0/s1. The van der Waals surface area contributed by atoms with E-state index in [0.717, 1.165) is 10.4 Å². The van der Waals surface area contributed by atoms with Gasteiger partial charge in [-0.15, -0.1) is 11.3 Å². The average Bonchev–Trinajstić information content (AvgIpc) is 3.17. The highest BCUT2D eigenvalue weighted by Crippen LogP contribution is 2.27. The number of aliphatic carboxylic acids is 1. The molecule has 0 radical (unpaired) electrons. The zero-order valence-corrected chi connectivity index (χ0v) is 17.0. The molecule has 0 bridgehead atoms. The fourth-order valence-electron chi connectivity index (χ4n) is 3.02. The van der Waals surface area contributed by atoms with Crippen LogP contribution in [0.1, 0.15) is 27.8 Å². The van der Waals surface area contributed by atoms with Crippen molar-refractivity contribution < 1.29 is 24.3 Å². The van der Waals surface area contributed by atoms with Crippen LogP contribution >= 0.6 is 11.3 Å². The Kier molecular flexibility index (Phi) is 6.63. The van der Waals surface area contributed by atoms with Gasteiger partial charge in [0.15, 0.2) is 11.8 Å². The molecule has 0 fully saturated rings. The number of ketones is 1. The first-order valence-corrected chi connectivity index (χ1v) is 10.0. The van der Waals surface area contributed by atoms with Crippen LogP contribution in [0.5, 0.6) is 0 Å². The number of carboxylic acids is 1. The number of urea groups is 1. The molecule has 2 heterocycles. The molecule has 3 rings (SSSR count). The second-order valence-corrected chi connectivity index (χ2v) is 8.03. The molecular weight excluding hydrogens is 406 g/mol. The quantitative estimate of drug-likeness (QED) is 0.585. The van der Waals surface area contributed by atoms with Crippen molar-refractivity contribution in [3.05, 3.63) is 70.1 Å². The molecular formula is C21H21N3O5S. The molecule has 1 unspecified atom stereocenters. The molecule has 0 aliphatic carbocycles. The molecule has 2 aromatic rings. The minimum absolute atomic E-state index is 0.328. The first-order chi connectivity index (χ1) is 14.3. The molecule has 1 aliphatic rings. The van der Waals surface area contributed by atoms with E-state index in [2.05, 4.69) is 10.6 Å². The Hall–Kier alpha value is -3.46.